The average Bonchev–Trinajstić information content (AvgIpc) is 3.10. The van der Waals surface area contributed by atoms with Crippen molar-refractivity contribution in [1.29, 1.82) is 0 Å². The van der Waals surface area contributed by atoms with Gasteiger partial charge in [-0.25, -0.2) is 4.79 Å². The Morgan fingerprint density at radius 1 is 1.35 bits per heavy atom. The zero-order valence-corrected chi connectivity index (χ0v) is 15.4. The highest BCUT2D eigenvalue weighted by Gasteiger charge is 2.25. The van der Waals surface area contributed by atoms with Crippen LogP contribution in [-0.2, 0) is 17.9 Å². The highest BCUT2D eigenvalue weighted by molar-refractivity contribution is 5.78. The van der Waals surface area contributed by atoms with E-state index in [4.69, 9.17) is 4.42 Å². The molecule has 3 heterocycles. The Labute approximate surface area is 153 Å². The van der Waals surface area contributed by atoms with Gasteiger partial charge in [-0.15, -0.1) is 0 Å². The lowest BCUT2D eigenvalue weighted by atomic mass is 9.96. The average molecular weight is 358 g/mol. The van der Waals surface area contributed by atoms with Crippen LogP contribution < -0.4 is 11.0 Å². The van der Waals surface area contributed by atoms with Gasteiger partial charge in [-0.3, -0.25) is 14.3 Å². The summed E-state index contributed by atoms with van der Waals surface area (Å²) in [6.45, 7) is 7.14. The first-order valence-electron chi connectivity index (χ1n) is 9.10. The molecular weight excluding hydrogens is 332 g/mol. The molecular formula is C19H26N4O3. The first kappa shape index (κ1) is 18.4. The molecule has 26 heavy (non-hydrogen) atoms. The number of carbonyl (C=O) groups is 1. The molecule has 7 nitrogen and oxygen atoms in total. The lowest BCUT2D eigenvalue weighted by molar-refractivity contribution is -0.126. The largest absolute Gasteiger partial charge is 0.468 e. The zero-order chi connectivity index (χ0) is 18.5. The molecule has 0 spiro atoms. The molecule has 1 amide bonds. The van der Waals surface area contributed by atoms with Crippen molar-refractivity contribution in [2.24, 2.45) is 5.92 Å². The molecule has 2 aromatic heterocycles. The zero-order valence-electron chi connectivity index (χ0n) is 15.4. The molecule has 0 radical (unpaired) electrons. The molecule has 140 valence electrons. The number of aromatic nitrogens is 2. The number of likely N-dealkylation sites (tertiary alicyclic amines) is 1. The van der Waals surface area contributed by atoms with Gasteiger partial charge in [0.1, 0.15) is 5.76 Å². The van der Waals surface area contributed by atoms with Gasteiger partial charge in [-0.05, 0) is 58.0 Å². The van der Waals surface area contributed by atoms with Crippen molar-refractivity contribution in [3.05, 3.63) is 52.1 Å². The molecule has 0 aromatic carbocycles. The van der Waals surface area contributed by atoms with E-state index in [0.29, 0.717) is 18.8 Å². The van der Waals surface area contributed by atoms with Gasteiger partial charge in [0.15, 0.2) is 0 Å². The van der Waals surface area contributed by atoms with Gasteiger partial charge in [-0.2, -0.15) is 4.98 Å². The molecule has 0 atom stereocenters. The van der Waals surface area contributed by atoms with Crippen LogP contribution in [-0.4, -0.2) is 40.0 Å². The fraction of sp³-hybridized carbons (Fsp3) is 0.526. The summed E-state index contributed by atoms with van der Waals surface area (Å²) in [6.07, 6.45) is 3.38. The third-order valence-electron chi connectivity index (χ3n) is 4.90. The predicted molar refractivity (Wildman–Crippen MR) is 97.7 cm³/mol. The molecule has 1 fully saturated rings. The standard InChI is InChI=1S/C19H26N4O3/c1-14-12-15(2)23(19(25)21-14)10-7-20-18(24)16-5-8-22(9-6-16)13-17-4-3-11-26-17/h3-4,11-12,16H,5-10,13H2,1-2H3,(H,20,24). The van der Waals surface area contributed by atoms with E-state index in [1.807, 2.05) is 25.1 Å². The van der Waals surface area contributed by atoms with E-state index in [0.717, 1.165) is 43.9 Å². The van der Waals surface area contributed by atoms with Crippen molar-refractivity contribution in [3.8, 4) is 0 Å². The predicted octanol–water partition coefficient (Wildman–Crippen LogP) is 1.48. The monoisotopic (exact) mass is 358 g/mol. The molecule has 1 aliphatic rings. The smallest absolute Gasteiger partial charge is 0.348 e. The molecule has 1 saturated heterocycles. The summed E-state index contributed by atoms with van der Waals surface area (Å²) >= 11 is 0. The quantitative estimate of drug-likeness (QED) is 0.846. The van der Waals surface area contributed by atoms with E-state index < -0.39 is 0 Å². The Balaban J connectivity index is 1.43. The van der Waals surface area contributed by atoms with Crippen molar-refractivity contribution in [2.75, 3.05) is 19.6 Å². The molecule has 7 heteroatoms. The van der Waals surface area contributed by atoms with Crippen LogP contribution in [0.3, 0.4) is 0 Å². The van der Waals surface area contributed by atoms with Crippen LogP contribution in [0.25, 0.3) is 0 Å². The maximum Gasteiger partial charge on any atom is 0.348 e. The number of piperidine rings is 1. The fourth-order valence-electron chi connectivity index (χ4n) is 3.46. The van der Waals surface area contributed by atoms with Crippen LogP contribution in [0, 0.1) is 19.8 Å². The molecule has 0 saturated carbocycles. The van der Waals surface area contributed by atoms with E-state index in [1.165, 1.54) is 0 Å². The van der Waals surface area contributed by atoms with Crippen molar-refractivity contribution in [2.45, 2.75) is 39.8 Å². The number of hydrogen-bond acceptors (Lipinski definition) is 5. The Kier molecular flexibility index (Phi) is 5.88. The SMILES string of the molecule is Cc1cc(C)n(CCNC(=O)C2CCN(Cc3ccco3)CC2)c(=O)n1. The first-order chi connectivity index (χ1) is 12.5. The summed E-state index contributed by atoms with van der Waals surface area (Å²) in [6, 6.07) is 5.74. The summed E-state index contributed by atoms with van der Waals surface area (Å²) in [7, 11) is 0. The van der Waals surface area contributed by atoms with Crippen LogP contribution in [0.2, 0.25) is 0 Å². The number of nitrogens with one attached hydrogen (secondary N) is 1. The summed E-state index contributed by atoms with van der Waals surface area (Å²) in [5, 5.41) is 2.97. The van der Waals surface area contributed by atoms with Gasteiger partial charge >= 0.3 is 5.69 Å². The number of furan rings is 1. The molecule has 1 aliphatic heterocycles. The Morgan fingerprint density at radius 3 is 2.77 bits per heavy atom. The number of aryl methyl sites for hydroxylation is 2. The second-order valence-corrected chi connectivity index (χ2v) is 6.89. The summed E-state index contributed by atoms with van der Waals surface area (Å²) in [5.41, 5.74) is 1.32. The second kappa shape index (κ2) is 8.31. The Hall–Kier alpha value is -2.41. The lowest BCUT2D eigenvalue weighted by Gasteiger charge is -2.30. The molecule has 3 rings (SSSR count). The maximum absolute atomic E-state index is 12.4. The summed E-state index contributed by atoms with van der Waals surface area (Å²) in [4.78, 5) is 30.6. The van der Waals surface area contributed by atoms with E-state index in [2.05, 4.69) is 15.2 Å². The van der Waals surface area contributed by atoms with Gasteiger partial charge in [0.25, 0.3) is 0 Å². The molecule has 0 unspecified atom stereocenters. The topological polar surface area (TPSA) is 80.4 Å². The van der Waals surface area contributed by atoms with E-state index in [9.17, 15) is 9.59 Å². The minimum atomic E-state index is -0.261. The van der Waals surface area contributed by atoms with Crippen molar-refractivity contribution in [3.63, 3.8) is 0 Å². The number of hydrogen-bond donors (Lipinski definition) is 1. The summed E-state index contributed by atoms with van der Waals surface area (Å²) in [5.74, 6) is 1.07. The van der Waals surface area contributed by atoms with E-state index in [-0.39, 0.29) is 17.5 Å². The van der Waals surface area contributed by atoms with E-state index in [1.54, 1.807) is 17.8 Å². The third-order valence-corrected chi connectivity index (χ3v) is 4.90. The van der Waals surface area contributed by atoms with Crippen LogP contribution in [0.1, 0.15) is 30.0 Å². The minimum absolute atomic E-state index is 0.0387. The van der Waals surface area contributed by atoms with Gasteiger partial charge < -0.3 is 9.73 Å². The Bertz CT molecular complexity index is 790. The van der Waals surface area contributed by atoms with Crippen LogP contribution in [0.4, 0.5) is 0 Å². The number of carbonyl (C=O) groups excluding carboxylic acids is 1. The van der Waals surface area contributed by atoms with Crippen LogP contribution >= 0.6 is 0 Å². The molecule has 1 N–H and O–H groups in total. The van der Waals surface area contributed by atoms with Crippen molar-refractivity contribution in [1.82, 2.24) is 19.8 Å². The number of amides is 1. The molecule has 2 aromatic rings. The van der Waals surface area contributed by atoms with Crippen LogP contribution in [0.5, 0.6) is 0 Å². The summed E-state index contributed by atoms with van der Waals surface area (Å²) < 4.78 is 6.97. The molecule has 0 bridgehead atoms. The second-order valence-electron chi connectivity index (χ2n) is 6.89. The minimum Gasteiger partial charge on any atom is -0.468 e. The van der Waals surface area contributed by atoms with Gasteiger partial charge in [0.05, 0.1) is 12.8 Å². The van der Waals surface area contributed by atoms with Gasteiger partial charge in [0.2, 0.25) is 5.91 Å². The van der Waals surface area contributed by atoms with Crippen molar-refractivity contribution >= 4 is 5.91 Å². The van der Waals surface area contributed by atoms with E-state index >= 15 is 0 Å². The fourth-order valence-corrected chi connectivity index (χ4v) is 3.46. The molecule has 0 aliphatic carbocycles. The van der Waals surface area contributed by atoms with Gasteiger partial charge in [-0.1, -0.05) is 0 Å². The normalized spacial score (nSPS) is 15.9. The van der Waals surface area contributed by atoms with Gasteiger partial charge in [0, 0.05) is 30.4 Å². The maximum atomic E-state index is 12.4. The first-order valence-corrected chi connectivity index (χ1v) is 9.10. The Morgan fingerprint density at radius 2 is 2.12 bits per heavy atom. The third kappa shape index (κ3) is 4.60. The highest BCUT2D eigenvalue weighted by Crippen LogP contribution is 2.19. The number of nitrogens with zero attached hydrogens (tertiary/aromatic N) is 3. The highest BCUT2D eigenvalue weighted by atomic mass is 16.3. The van der Waals surface area contributed by atoms with Crippen LogP contribution in [0.15, 0.2) is 33.7 Å². The van der Waals surface area contributed by atoms with Crippen molar-refractivity contribution < 1.29 is 9.21 Å². The lowest BCUT2D eigenvalue weighted by Crippen LogP contribution is -2.41. The number of rotatable bonds is 6.